The van der Waals surface area contributed by atoms with Gasteiger partial charge in [0.2, 0.25) is 5.91 Å². The van der Waals surface area contributed by atoms with Gasteiger partial charge in [0.1, 0.15) is 0 Å². The van der Waals surface area contributed by atoms with Crippen LogP contribution in [0, 0.1) is 0 Å². The summed E-state index contributed by atoms with van der Waals surface area (Å²) in [4.78, 5) is 24.6. The molecule has 0 aromatic heterocycles. The second-order valence-electron chi connectivity index (χ2n) is 4.99. The number of likely N-dealkylation sites (tertiary alicyclic amines) is 1. The summed E-state index contributed by atoms with van der Waals surface area (Å²) in [5.41, 5.74) is -0.959. The van der Waals surface area contributed by atoms with Crippen LogP contribution in [0.25, 0.3) is 0 Å². The first-order valence-electron chi connectivity index (χ1n) is 6.39. The summed E-state index contributed by atoms with van der Waals surface area (Å²) in [7, 11) is 0. The van der Waals surface area contributed by atoms with Crippen LogP contribution in [-0.2, 0) is 16.0 Å². The van der Waals surface area contributed by atoms with E-state index in [1.807, 2.05) is 6.07 Å². The molecule has 0 bridgehead atoms. The lowest BCUT2D eigenvalue weighted by atomic mass is 9.91. The minimum Gasteiger partial charge on any atom is -0.479 e. The van der Waals surface area contributed by atoms with Gasteiger partial charge in [0.15, 0.2) is 5.60 Å². The quantitative estimate of drug-likeness (QED) is 0.882. The first-order chi connectivity index (χ1) is 9.42. The smallest absolute Gasteiger partial charge is 0.335 e. The standard InChI is InChI=1S/C14H16ClNO4/c15-11-4-2-1-3-10(11)9-12(17)16-7-5-14(20,6-8-16)13(18)19/h1-4,20H,5-9H2,(H,18,19). The number of amides is 1. The monoisotopic (exact) mass is 297 g/mol. The third-order valence-corrected chi connectivity index (χ3v) is 4.01. The van der Waals surface area contributed by atoms with Crippen molar-refractivity contribution in [3.8, 4) is 0 Å². The largest absolute Gasteiger partial charge is 0.479 e. The molecule has 2 N–H and O–H groups in total. The van der Waals surface area contributed by atoms with E-state index in [0.717, 1.165) is 5.56 Å². The maximum absolute atomic E-state index is 12.1. The molecule has 1 aliphatic rings. The van der Waals surface area contributed by atoms with Crippen molar-refractivity contribution in [3.63, 3.8) is 0 Å². The number of halogens is 1. The molecule has 5 nitrogen and oxygen atoms in total. The van der Waals surface area contributed by atoms with Gasteiger partial charge in [-0.15, -0.1) is 0 Å². The van der Waals surface area contributed by atoms with Gasteiger partial charge in [-0.1, -0.05) is 29.8 Å². The number of hydrogen-bond donors (Lipinski definition) is 2. The molecular formula is C14H16ClNO4. The molecule has 0 aliphatic carbocycles. The maximum Gasteiger partial charge on any atom is 0.335 e. The third kappa shape index (κ3) is 3.11. The van der Waals surface area contributed by atoms with E-state index < -0.39 is 11.6 Å². The molecule has 1 saturated heterocycles. The van der Waals surface area contributed by atoms with Crippen LogP contribution >= 0.6 is 11.6 Å². The van der Waals surface area contributed by atoms with E-state index in [9.17, 15) is 14.7 Å². The Kier molecular flexibility index (Phi) is 4.30. The van der Waals surface area contributed by atoms with Crippen LogP contribution in [0.15, 0.2) is 24.3 Å². The molecule has 2 rings (SSSR count). The molecular weight excluding hydrogens is 282 g/mol. The number of carbonyl (C=O) groups is 2. The topological polar surface area (TPSA) is 77.8 Å². The van der Waals surface area contributed by atoms with E-state index >= 15 is 0 Å². The van der Waals surface area contributed by atoms with Crippen molar-refractivity contribution in [2.75, 3.05) is 13.1 Å². The molecule has 20 heavy (non-hydrogen) atoms. The van der Waals surface area contributed by atoms with Crippen LogP contribution < -0.4 is 0 Å². The Hall–Kier alpha value is -1.59. The third-order valence-electron chi connectivity index (χ3n) is 3.64. The Balaban J connectivity index is 1.96. The Labute approximate surface area is 121 Å². The van der Waals surface area contributed by atoms with Crippen LogP contribution in [0.1, 0.15) is 18.4 Å². The summed E-state index contributed by atoms with van der Waals surface area (Å²) in [5.74, 6) is -1.33. The van der Waals surface area contributed by atoms with Gasteiger partial charge in [0.25, 0.3) is 0 Å². The molecule has 108 valence electrons. The van der Waals surface area contributed by atoms with E-state index in [4.69, 9.17) is 16.7 Å². The number of hydrogen-bond acceptors (Lipinski definition) is 3. The van der Waals surface area contributed by atoms with Gasteiger partial charge >= 0.3 is 5.97 Å². The molecule has 0 saturated carbocycles. The molecule has 1 amide bonds. The van der Waals surface area contributed by atoms with E-state index in [1.54, 1.807) is 23.1 Å². The number of aliphatic carboxylic acids is 1. The van der Waals surface area contributed by atoms with E-state index in [-0.39, 0.29) is 38.3 Å². The van der Waals surface area contributed by atoms with E-state index in [2.05, 4.69) is 0 Å². The van der Waals surface area contributed by atoms with Gasteiger partial charge in [-0.05, 0) is 11.6 Å². The van der Waals surface area contributed by atoms with Crippen molar-refractivity contribution in [2.45, 2.75) is 24.9 Å². The summed E-state index contributed by atoms with van der Waals surface area (Å²) in [6, 6.07) is 7.12. The molecule has 1 aromatic carbocycles. The van der Waals surface area contributed by atoms with Crippen molar-refractivity contribution >= 4 is 23.5 Å². The summed E-state index contributed by atoms with van der Waals surface area (Å²) in [5, 5.41) is 19.3. The van der Waals surface area contributed by atoms with E-state index in [1.165, 1.54) is 0 Å². The Morgan fingerprint density at radius 2 is 1.85 bits per heavy atom. The van der Waals surface area contributed by atoms with Crippen LogP contribution in [-0.4, -0.2) is 45.7 Å². The summed E-state index contributed by atoms with van der Waals surface area (Å²) < 4.78 is 0. The minimum atomic E-state index is -1.71. The average Bonchev–Trinajstić information content (AvgIpc) is 2.42. The van der Waals surface area contributed by atoms with Crippen LogP contribution in [0.2, 0.25) is 5.02 Å². The van der Waals surface area contributed by atoms with Gasteiger partial charge in [-0.25, -0.2) is 4.79 Å². The van der Waals surface area contributed by atoms with Crippen LogP contribution in [0.5, 0.6) is 0 Å². The zero-order valence-electron chi connectivity index (χ0n) is 10.9. The number of carboxylic acids is 1. The number of carbonyl (C=O) groups excluding carboxylic acids is 1. The SMILES string of the molecule is O=C(Cc1ccccc1Cl)N1CCC(O)(C(=O)O)CC1. The number of benzene rings is 1. The van der Waals surface area contributed by atoms with Crippen molar-refractivity contribution in [3.05, 3.63) is 34.9 Å². The molecule has 0 unspecified atom stereocenters. The van der Waals surface area contributed by atoms with E-state index in [0.29, 0.717) is 5.02 Å². The van der Waals surface area contributed by atoms with Crippen molar-refractivity contribution < 1.29 is 19.8 Å². The maximum atomic E-state index is 12.1. The fourth-order valence-corrected chi connectivity index (χ4v) is 2.46. The van der Waals surface area contributed by atoms with Crippen LogP contribution in [0.3, 0.4) is 0 Å². The highest BCUT2D eigenvalue weighted by atomic mass is 35.5. The Bertz CT molecular complexity index is 524. The number of carboxylic acid groups (broad SMARTS) is 1. The van der Waals surface area contributed by atoms with Gasteiger partial charge in [-0.2, -0.15) is 0 Å². The fraction of sp³-hybridized carbons (Fsp3) is 0.429. The number of rotatable bonds is 3. The number of piperidine rings is 1. The summed E-state index contributed by atoms with van der Waals surface area (Å²) in [6.45, 7) is 0.484. The van der Waals surface area contributed by atoms with Crippen molar-refractivity contribution in [1.82, 2.24) is 4.90 Å². The average molecular weight is 298 g/mol. The van der Waals surface area contributed by atoms with Gasteiger partial charge in [0.05, 0.1) is 6.42 Å². The molecule has 0 atom stereocenters. The number of nitrogens with zero attached hydrogens (tertiary/aromatic N) is 1. The second kappa shape index (κ2) is 5.81. The lowest BCUT2D eigenvalue weighted by molar-refractivity contribution is -0.165. The zero-order valence-corrected chi connectivity index (χ0v) is 11.6. The molecule has 6 heteroatoms. The Morgan fingerprint density at radius 3 is 2.40 bits per heavy atom. The van der Waals surface area contributed by atoms with Gasteiger partial charge < -0.3 is 15.1 Å². The molecule has 1 heterocycles. The molecule has 1 aromatic rings. The minimum absolute atomic E-state index is 0.0522. The highest BCUT2D eigenvalue weighted by molar-refractivity contribution is 6.31. The predicted molar refractivity (Wildman–Crippen MR) is 73.6 cm³/mol. The first-order valence-corrected chi connectivity index (χ1v) is 6.77. The summed E-state index contributed by atoms with van der Waals surface area (Å²) >= 11 is 6.01. The lowest BCUT2D eigenvalue weighted by Gasteiger charge is -2.35. The molecule has 0 radical (unpaired) electrons. The Morgan fingerprint density at radius 1 is 1.25 bits per heavy atom. The fourth-order valence-electron chi connectivity index (χ4n) is 2.26. The van der Waals surface area contributed by atoms with Crippen LogP contribution in [0.4, 0.5) is 0 Å². The van der Waals surface area contributed by atoms with Gasteiger partial charge in [0, 0.05) is 31.0 Å². The first kappa shape index (κ1) is 14.8. The molecule has 0 spiro atoms. The molecule has 1 aliphatic heterocycles. The lowest BCUT2D eigenvalue weighted by Crippen LogP contribution is -2.51. The zero-order chi connectivity index (χ0) is 14.8. The second-order valence-corrected chi connectivity index (χ2v) is 5.39. The number of aliphatic hydroxyl groups is 1. The highest BCUT2D eigenvalue weighted by Crippen LogP contribution is 2.23. The molecule has 1 fully saturated rings. The van der Waals surface area contributed by atoms with Gasteiger partial charge in [-0.3, -0.25) is 4.79 Å². The highest BCUT2D eigenvalue weighted by Gasteiger charge is 2.40. The van der Waals surface area contributed by atoms with Crippen molar-refractivity contribution in [2.24, 2.45) is 0 Å². The normalized spacial score (nSPS) is 17.8. The summed E-state index contributed by atoms with van der Waals surface area (Å²) in [6.07, 6.45) is 0.290. The van der Waals surface area contributed by atoms with Crippen molar-refractivity contribution in [1.29, 1.82) is 0 Å². The predicted octanol–water partition coefficient (Wildman–Crippen LogP) is 1.32.